The van der Waals surface area contributed by atoms with Crippen LogP contribution in [0.15, 0.2) is 53.6 Å². The molecule has 2 aromatic carbocycles. The SMILES string of the molecule is COc1ccc2cnn(CC(=O)Nc3ccc4cc[nH]c4c3)c(=O)c2c1OC. The maximum atomic E-state index is 12.9. The number of benzene rings is 2. The van der Waals surface area contributed by atoms with Crippen LogP contribution in [0.3, 0.4) is 0 Å². The molecule has 0 fully saturated rings. The number of aromatic amines is 1. The number of carbonyl (C=O) groups excluding carboxylic acids is 1. The number of hydrogen-bond acceptors (Lipinski definition) is 5. The molecule has 0 bridgehead atoms. The number of nitrogens with one attached hydrogen (secondary N) is 2. The normalized spacial score (nSPS) is 10.9. The van der Waals surface area contributed by atoms with Crippen LogP contribution in [-0.2, 0) is 11.3 Å². The van der Waals surface area contributed by atoms with Crippen LogP contribution in [0.25, 0.3) is 21.7 Å². The van der Waals surface area contributed by atoms with Gasteiger partial charge >= 0.3 is 0 Å². The van der Waals surface area contributed by atoms with E-state index in [-0.39, 0.29) is 12.5 Å². The van der Waals surface area contributed by atoms with Gasteiger partial charge in [-0.3, -0.25) is 9.59 Å². The summed E-state index contributed by atoms with van der Waals surface area (Å²) in [5, 5.41) is 8.86. The number of methoxy groups -OCH3 is 2. The van der Waals surface area contributed by atoms with Crippen molar-refractivity contribution in [1.82, 2.24) is 14.8 Å². The molecule has 142 valence electrons. The average molecular weight is 378 g/mol. The third-order valence-corrected chi connectivity index (χ3v) is 4.49. The average Bonchev–Trinajstić information content (AvgIpc) is 3.17. The number of H-pyrrole nitrogens is 1. The number of amides is 1. The van der Waals surface area contributed by atoms with Crippen molar-refractivity contribution in [3.8, 4) is 11.5 Å². The highest BCUT2D eigenvalue weighted by Gasteiger charge is 2.16. The van der Waals surface area contributed by atoms with Crippen LogP contribution in [-0.4, -0.2) is 34.9 Å². The number of ether oxygens (including phenoxy) is 2. The van der Waals surface area contributed by atoms with Crippen molar-refractivity contribution < 1.29 is 14.3 Å². The van der Waals surface area contributed by atoms with E-state index < -0.39 is 5.56 Å². The van der Waals surface area contributed by atoms with Gasteiger partial charge in [0.1, 0.15) is 6.54 Å². The topological polar surface area (TPSA) is 98.2 Å². The molecule has 0 saturated heterocycles. The van der Waals surface area contributed by atoms with Crippen LogP contribution in [0.5, 0.6) is 11.5 Å². The third-order valence-electron chi connectivity index (χ3n) is 4.49. The first-order chi connectivity index (χ1) is 13.6. The third kappa shape index (κ3) is 3.05. The molecule has 0 radical (unpaired) electrons. The summed E-state index contributed by atoms with van der Waals surface area (Å²) in [6.07, 6.45) is 3.35. The van der Waals surface area contributed by atoms with Gasteiger partial charge in [0.05, 0.1) is 25.8 Å². The number of carbonyl (C=O) groups is 1. The van der Waals surface area contributed by atoms with Crippen LogP contribution < -0.4 is 20.3 Å². The summed E-state index contributed by atoms with van der Waals surface area (Å²) < 4.78 is 11.7. The molecule has 0 spiro atoms. The zero-order chi connectivity index (χ0) is 19.7. The number of rotatable bonds is 5. The van der Waals surface area contributed by atoms with Gasteiger partial charge in [-0.1, -0.05) is 6.07 Å². The van der Waals surface area contributed by atoms with Gasteiger partial charge < -0.3 is 19.8 Å². The summed E-state index contributed by atoms with van der Waals surface area (Å²) in [6, 6.07) is 10.9. The van der Waals surface area contributed by atoms with Crippen molar-refractivity contribution in [1.29, 1.82) is 0 Å². The molecule has 0 atom stereocenters. The number of aromatic nitrogens is 3. The number of hydrogen-bond donors (Lipinski definition) is 2. The fourth-order valence-electron chi connectivity index (χ4n) is 3.16. The molecule has 2 aromatic heterocycles. The zero-order valence-electron chi connectivity index (χ0n) is 15.4. The lowest BCUT2D eigenvalue weighted by molar-refractivity contribution is -0.117. The van der Waals surface area contributed by atoms with Crippen molar-refractivity contribution in [2.45, 2.75) is 6.54 Å². The van der Waals surface area contributed by atoms with Gasteiger partial charge in [-0.15, -0.1) is 0 Å². The van der Waals surface area contributed by atoms with E-state index in [0.29, 0.717) is 28.0 Å². The Morgan fingerprint density at radius 3 is 2.75 bits per heavy atom. The molecule has 0 aliphatic carbocycles. The summed E-state index contributed by atoms with van der Waals surface area (Å²) in [5.74, 6) is 0.397. The van der Waals surface area contributed by atoms with Crippen molar-refractivity contribution in [3.63, 3.8) is 0 Å². The highest BCUT2D eigenvalue weighted by molar-refractivity contribution is 5.94. The molecule has 0 unspecified atom stereocenters. The molecule has 0 aliphatic heterocycles. The van der Waals surface area contributed by atoms with Crippen LogP contribution in [0.2, 0.25) is 0 Å². The van der Waals surface area contributed by atoms with E-state index >= 15 is 0 Å². The Labute approximate surface area is 159 Å². The molecule has 2 heterocycles. The monoisotopic (exact) mass is 378 g/mol. The Balaban J connectivity index is 1.64. The van der Waals surface area contributed by atoms with Gasteiger partial charge in [-0.2, -0.15) is 5.10 Å². The van der Waals surface area contributed by atoms with Gasteiger partial charge in [0.2, 0.25) is 5.91 Å². The lowest BCUT2D eigenvalue weighted by atomic mass is 10.1. The minimum absolute atomic E-state index is 0.224. The Kier molecular flexibility index (Phi) is 4.44. The predicted molar refractivity (Wildman–Crippen MR) is 106 cm³/mol. The highest BCUT2D eigenvalue weighted by atomic mass is 16.5. The molecule has 2 N–H and O–H groups in total. The summed E-state index contributed by atoms with van der Waals surface area (Å²) >= 11 is 0. The Morgan fingerprint density at radius 1 is 1.14 bits per heavy atom. The highest BCUT2D eigenvalue weighted by Crippen LogP contribution is 2.32. The zero-order valence-corrected chi connectivity index (χ0v) is 15.4. The molecule has 0 aliphatic rings. The second-order valence-corrected chi connectivity index (χ2v) is 6.20. The van der Waals surface area contributed by atoms with Gasteiger partial charge in [-0.25, -0.2) is 4.68 Å². The van der Waals surface area contributed by atoms with Crippen LogP contribution in [0.1, 0.15) is 0 Å². The van der Waals surface area contributed by atoms with Crippen molar-refractivity contribution in [2.75, 3.05) is 19.5 Å². The number of nitrogens with zero attached hydrogens (tertiary/aromatic N) is 2. The lowest BCUT2D eigenvalue weighted by Gasteiger charge is -2.12. The summed E-state index contributed by atoms with van der Waals surface area (Å²) in [4.78, 5) is 28.4. The number of fused-ring (bicyclic) bond motifs is 2. The van der Waals surface area contributed by atoms with Crippen LogP contribution in [0.4, 0.5) is 5.69 Å². The molecule has 4 aromatic rings. The lowest BCUT2D eigenvalue weighted by Crippen LogP contribution is -2.29. The first-order valence-corrected chi connectivity index (χ1v) is 8.58. The largest absolute Gasteiger partial charge is 0.493 e. The first-order valence-electron chi connectivity index (χ1n) is 8.58. The minimum atomic E-state index is -0.428. The van der Waals surface area contributed by atoms with E-state index in [1.54, 1.807) is 18.2 Å². The molecule has 8 heteroatoms. The summed E-state index contributed by atoms with van der Waals surface area (Å²) in [7, 11) is 2.96. The predicted octanol–water partition coefficient (Wildman–Crippen LogP) is 2.53. The second-order valence-electron chi connectivity index (χ2n) is 6.20. The van der Waals surface area contributed by atoms with Gasteiger partial charge in [0, 0.05) is 22.8 Å². The smallest absolute Gasteiger partial charge is 0.279 e. The molecular formula is C20H18N4O4. The van der Waals surface area contributed by atoms with Crippen molar-refractivity contribution in [3.05, 3.63) is 59.1 Å². The Bertz CT molecular complexity index is 1240. The minimum Gasteiger partial charge on any atom is -0.493 e. The van der Waals surface area contributed by atoms with E-state index in [2.05, 4.69) is 15.4 Å². The first kappa shape index (κ1) is 17.6. The van der Waals surface area contributed by atoms with Crippen LogP contribution >= 0.6 is 0 Å². The quantitative estimate of drug-likeness (QED) is 0.556. The maximum absolute atomic E-state index is 12.9. The molecule has 1 amide bonds. The second kappa shape index (κ2) is 7.07. The molecule has 4 rings (SSSR count). The van der Waals surface area contributed by atoms with E-state index in [1.165, 1.54) is 20.4 Å². The Morgan fingerprint density at radius 2 is 1.96 bits per heavy atom. The number of anilines is 1. The molecule has 28 heavy (non-hydrogen) atoms. The molecular weight excluding hydrogens is 360 g/mol. The summed E-state index contributed by atoms with van der Waals surface area (Å²) in [6.45, 7) is -0.224. The van der Waals surface area contributed by atoms with E-state index in [9.17, 15) is 9.59 Å². The Hall–Kier alpha value is -3.81. The van der Waals surface area contributed by atoms with Crippen LogP contribution in [0, 0.1) is 0 Å². The summed E-state index contributed by atoms with van der Waals surface area (Å²) in [5.41, 5.74) is 1.12. The van der Waals surface area contributed by atoms with E-state index in [1.807, 2.05) is 24.4 Å². The van der Waals surface area contributed by atoms with Crippen molar-refractivity contribution in [2.24, 2.45) is 0 Å². The van der Waals surface area contributed by atoms with Gasteiger partial charge in [-0.05, 0) is 35.7 Å². The van der Waals surface area contributed by atoms with Crippen molar-refractivity contribution >= 4 is 33.3 Å². The maximum Gasteiger partial charge on any atom is 0.279 e. The standard InChI is InChI=1S/C20H18N4O4/c1-27-16-6-4-13-10-22-24(20(26)18(13)19(16)28-2)11-17(25)23-14-5-3-12-7-8-21-15(12)9-14/h3-10,21H,11H2,1-2H3,(H,23,25). The van der Waals surface area contributed by atoms with E-state index in [4.69, 9.17) is 9.47 Å². The van der Waals surface area contributed by atoms with Gasteiger partial charge in [0.25, 0.3) is 5.56 Å². The fourth-order valence-corrected chi connectivity index (χ4v) is 3.16. The molecule has 8 nitrogen and oxygen atoms in total. The van der Waals surface area contributed by atoms with E-state index in [0.717, 1.165) is 15.6 Å². The van der Waals surface area contributed by atoms with Gasteiger partial charge in [0.15, 0.2) is 11.5 Å². The fraction of sp³-hybridized carbons (Fsp3) is 0.150. The molecule has 0 saturated carbocycles.